The average molecular weight is 349 g/mol. The Bertz CT molecular complexity index is 718. The number of nitro groups is 1. The number of aryl methyl sites for hydroxylation is 1. The first kappa shape index (κ1) is 17.9. The van der Waals surface area contributed by atoms with E-state index in [1.165, 1.54) is 17.4 Å². The first-order chi connectivity index (χ1) is 11.4. The topological polar surface area (TPSA) is 104 Å². The summed E-state index contributed by atoms with van der Waals surface area (Å²) in [5, 5.41) is 29.9. The van der Waals surface area contributed by atoms with E-state index in [2.05, 4.69) is 10.6 Å². The van der Waals surface area contributed by atoms with Crippen LogP contribution in [0.25, 0.3) is 0 Å². The van der Waals surface area contributed by atoms with Gasteiger partial charge in [-0.3, -0.25) is 10.1 Å². The normalized spacial score (nSPS) is 13.1. The minimum Gasteiger partial charge on any atom is -0.387 e. The summed E-state index contributed by atoms with van der Waals surface area (Å²) in [5.74, 6) is 0. The first-order valence-electron chi connectivity index (χ1n) is 7.38. The molecule has 3 N–H and O–H groups in total. The zero-order valence-corrected chi connectivity index (χ0v) is 14.2. The Kier molecular flexibility index (Phi) is 5.88. The lowest BCUT2D eigenvalue weighted by atomic mass is 10.0. The molecule has 2 rings (SSSR count). The monoisotopic (exact) mass is 349 g/mol. The molecule has 0 radical (unpaired) electrons. The third-order valence-electron chi connectivity index (χ3n) is 3.66. The Labute approximate surface area is 143 Å². The molecular formula is C16H19N3O4S. The Morgan fingerprint density at radius 1 is 1.38 bits per heavy atom. The molecule has 8 heteroatoms. The van der Waals surface area contributed by atoms with Gasteiger partial charge >= 0.3 is 6.03 Å². The molecule has 1 aromatic carbocycles. The Morgan fingerprint density at radius 3 is 2.75 bits per heavy atom. The second kappa shape index (κ2) is 7.89. The number of hydrogen-bond donors (Lipinski definition) is 3. The zero-order valence-electron chi connectivity index (χ0n) is 13.4. The SMILES string of the molecule is Cc1ccc([C@@H](C)NC(=O)NC[C@H](O)c2ccsc2)cc1[N+](=O)[O-]. The molecule has 0 aliphatic heterocycles. The van der Waals surface area contributed by atoms with Crippen LogP contribution in [0.2, 0.25) is 0 Å². The molecule has 0 bridgehead atoms. The summed E-state index contributed by atoms with van der Waals surface area (Å²) >= 11 is 1.47. The van der Waals surface area contributed by atoms with Crippen LogP contribution in [0, 0.1) is 17.0 Å². The van der Waals surface area contributed by atoms with Gasteiger partial charge in [0.1, 0.15) is 0 Å². The molecular weight excluding hydrogens is 330 g/mol. The molecule has 2 amide bonds. The molecule has 0 aliphatic rings. The quantitative estimate of drug-likeness (QED) is 0.550. The Morgan fingerprint density at radius 2 is 2.12 bits per heavy atom. The van der Waals surface area contributed by atoms with E-state index in [0.717, 1.165) is 5.56 Å². The fraction of sp³-hybridized carbons (Fsp3) is 0.312. The summed E-state index contributed by atoms with van der Waals surface area (Å²) in [6.45, 7) is 3.49. The maximum Gasteiger partial charge on any atom is 0.315 e. The number of carbonyl (C=O) groups excluding carboxylic acids is 1. The van der Waals surface area contributed by atoms with Crippen molar-refractivity contribution in [2.24, 2.45) is 0 Å². The fourth-order valence-corrected chi connectivity index (χ4v) is 2.90. The number of amides is 2. The van der Waals surface area contributed by atoms with Crippen molar-refractivity contribution < 1.29 is 14.8 Å². The molecule has 0 fully saturated rings. The van der Waals surface area contributed by atoms with Crippen molar-refractivity contribution in [2.75, 3.05) is 6.54 Å². The number of nitro benzene ring substituents is 1. The third kappa shape index (κ3) is 4.53. The number of thiophene rings is 1. The Hall–Kier alpha value is -2.45. The second-order valence-electron chi connectivity index (χ2n) is 5.45. The van der Waals surface area contributed by atoms with Crippen LogP contribution in [0.4, 0.5) is 10.5 Å². The fourth-order valence-electron chi connectivity index (χ4n) is 2.20. The number of aliphatic hydroxyl groups excluding tert-OH is 1. The lowest BCUT2D eigenvalue weighted by molar-refractivity contribution is -0.385. The van der Waals surface area contributed by atoms with Gasteiger partial charge in [0.05, 0.1) is 17.1 Å². The van der Waals surface area contributed by atoms with Crippen LogP contribution in [0.3, 0.4) is 0 Å². The largest absolute Gasteiger partial charge is 0.387 e. The molecule has 0 aliphatic carbocycles. The van der Waals surface area contributed by atoms with Crippen molar-refractivity contribution in [3.05, 3.63) is 61.8 Å². The maximum absolute atomic E-state index is 11.9. The smallest absolute Gasteiger partial charge is 0.315 e. The maximum atomic E-state index is 11.9. The van der Waals surface area contributed by atoms with Crippen LogP contribution in [-0.2, 0) is 0 Å². The van der Waals surface area contributed by atoms with Crippen LogP contribution in [-0.4, -0.2) is 22.6 Å². The van der Waals surface area contributed by atoms with Gasteiger partial charge in [0.25, 0.3) is 5.69 Å². The van der Waals surface area contributed by atoms with Crippen molar-refractivity contribution in [2.45, 2.75) is 26.0 Å². The molecule has 0 saturated carbocycles. The zero-order chi connectivity index (χ0) is 17.7. The standard InChI is InChI=1S/C16H19N3O4S/c1-10-3-4-12(7-14(10)19(22)23)11(2)18-16(21)17-8-15(20)13-5-6-24-9-13/h3-7,9,11,15,20H,8H2,1-2H3,(H2,17,18,21)/t11-,15+/m1/s1. The second-order valence-corrected chi connectivity index (χ2v) is 6.23. The molecule has 1 heterocycles. The molecule has 1 aromatic heterocycles. The van der Waals surface area contributed by atoms with E-state index in [1.54, 1.807) is 32.0 Å². The summed E-state index contributed by atoms with van der Waals surface area (Å²) in [5.41, 5.74) is 1.98. The molecule has 24 heavy (non-hydrogen) atoms. The number of aliphatic hydroxyl groups is 1. The lowest BCUT2D eigenvalue weighted by Gasteiger charge is -2.16. The molecule has 2 aromatic rings. The van der Waals surface area contributed by atoms with E-state index < -0.39 is 23.1 Å². The summed E-state index contributed by atoms with van der Waals surface area (Å²) in [6, 6.07) is 5.81. The van der Waals surface area contributed by atoms with Gasteiger partial charge in [0.2, 0.25) is 0 Å². The van der Waals surface area contributed by atoms with Crippen molar-refractivity contribution in [1.29, 1.82) is 0 Å². The van der Waals surface area contributed by atoms with Gasteiger partial charge in [0, 0.05) is 18.2 Å². The molecule has 7 nitrogen and oxygen atoms in total. The van der Waals surface area contributed by atoms with Gasteiger partial charge in [-0.25, -0.2) is 4.79 Å². The van der Waals surface area contributed by atoms with E-state index >= 15 is 0 Å². The van der Waals surface area contributed by atoms with Gasteiger partial charge in [-0.1, -0.05) is 12.1 Å². The number of nitrogens with zero attached hydrogens (tertiary/aromatic N) is 1. The van der Waals surface area contributed by atoms with Crippen LogP contribution in [0.5, 0.6) is 0 Å². The minimum atomic E-state index is -0.766. The van der Waals surface area contributed by atoms with Gasteiger partial charge < -0.3 is 15.7 Å². The lowest BCUT2D eigenvalue weighted by Crippen LogP contribution is -2.39. The van der Waals surface area contributed by atoms with Gasteiger partial charge in [-0.2, -0.15) is 11.3 Å². The predicted octanol–water partition coefficient (Wildman–Crippen LogP) is 3.06. The molecule has 0 spiro atoms. The third-order valence-corrected chi connectivity index (χ3v) is 4.36. The highest BCUT2D eigenvalue weighted by Gasteiger charge is 2.16. The molecule has 2 atom stereocenters. The van der Waals surface area contributed by atoms with Gasteiger partial charge in [-0.05, 0) is 41.8 Å². The number of benzene rings is 1. The summed E-state index contributed by atoms with van der Waals surface area (Å²) in [6.07, 6.45) is -0.766. The number of hydrogen-bond acceptors (Lipinski definition) is 5. The highest BCUT2D eigenvalue weighted by molar-refractivity contribution is 7.07. The van der Waals surface area contributed by atoms with Crippen LogP contribution in [0.15, 0.2) is 35.0 Å². The van der Waals surface area contributed by atoms with E-state index in [0.29, 0.717) is 11.1 Å². The summed E-state index contributed by atoms with van der Waals surface area (Å²) in [7, 11) is 0. The van der Waals surface area contributed by atoms with Crippen LogP contribution < -0.4 is 10.6 Å². The average Bonchev–Trinajstić information content (AvgIpc) is 3.07. The Balaban J connectivity index is 1.92. The minimum absolute atomic E-state index is 0.0226. The number of rotatable bonds is 6. The molecule has 128 valence electrons. The first-order valence-corrected chi connectivity index (χ1v) is 8.32. The van der Waals surface area contributed by atoms with Gasteiger partial charge in [-0.15, -0.1) is 0 Å². The van der Waals surface area contributed by atoms with Crippen molar-refractivity contribution in [1.82, 2.24) is 10.6 Å². The van der Waals surface area contributed by atoms with E-state index in [-0.39, 0.29) is 12.2 Å². The number of carbonyl (C=O) groups is 1. The summed E-state index contributed by atoms with van der Waals surface area (Å²) < 4.78 is 0. The van der Waals surface area contributed by atoms with E-state index in [1.807, 2.05) is 10.8 Å². The van der Waals surface area contributed by atoms with Crippen molar-refractivity contribution in [3.8, 4) is 0 Å². The van der Waals surface area contributed by atoms with E-state index in [9.17, 15) is 20.0 Å². The molecule has 0 saturated heterocycles. The predicted molar refractivity (Wildman–Crippen MR) is 92.1 cm³/mol. The van der Waals surface area contributed by atoms with Crippen molar-refractivity contribution >= 4 is 23.1 Å². The highest BCUT2D eigenvalue weighted by Crippen LogP contribution is 2.23. The molecule has 0 unspecified atom stereocenters. The number of nitrogens with one attached hydrogen (secondary N) is 2. The highest BCUT2D eigenvalue weighted by atomic mass is 32.1. The van der Waals surface area contributed by atoms with Crippen molar-refractivity contribution in [3.63, 3.8) is 0 Å². The van der Waals surface area contributed by atoms with E-state index in [4.69, 9.17) is 0 Å². The van der Waals surface area contributed by atoms with Crippen LogP contribution in [0.1, 0.15) is 35.8 Å². The van der Waals surface area contributed by atoms with Crippen LogP contribution >= 0.6 is 11.3 Å². The van der Waals surface area contributed by atoms with Gasteiger partial charge in [0.15, 0.2) is 0 Å². The number of urea groups is 1. The summed E-state index contributed by atoms with van der Waals surface area (Å²) in [4.78, 5) is 22.5.